The van der Waals surface area contributed by atoms with Crippen LogP contribution in [0.2, 0.25) is 0 Å². The Hall–Kier alpha value is -0.650. The summed E-state index contributed by atoms with van der Waals surface area (Å²) in [7, 11) is 0. The van der Waals surface area contributed by atoms with E-state index in [2.05, 4.69) is 0 Å². The van der Waals surface area contributed by atoms with Crippen molar-refractivity contribution in [1.29, 1.82) is 0 Å². The monoisotopic (exact) mass is 306 g/mol. The van der Waals surface area contributed by atoms with Gasteiger partial charge < -0.3 is 5.11 Å². The van der Waals surface area contributed by atoms with E-state index in [1.54, 1.807) is 10.2 Å². The van der Waals surface area contributed by atoms with Crippen molar-refractivity contribution >= 4 is 34.2 Å². The summed E-state index contributed by atoms with van der Waals surface area (Å²) in [6.45, 7) is 0. The molecule has 14 heavy (non-hydrogen) atoms. The van der Waals surface area contributed by atoms with E-state index in [4.69, 9.17) is 5.11 Å². The average molecular weight is 306 g/mol. The van der Waals surface area contributed by atoms with Crippen LogP contribution in [0.25, 0.3) is 0 Å². The van der Waals surface area contributed by atoms with Gasteiger partial charge in [-0.1, -0.05) is 22.6 Å². The van der Waals surface area contributed by atoms with Crippen LogP contribution in [0.4, 0.5) is 0 Å². The fourth-order valence-corrected chi connectivity index (χ4v) is 1.99. The van der Waals surface area contributed by atoms with Crippen LogP contribution in [0.5, 0.6) is 0 Å². The predicted octanol–water partition coefficient (Wildman–Crippen LogP) is 2.32. The standard InChI is InChI=1S/C10H11IO3/c11-2-1-7(6-12)8-3-9(13)5-10(14)4-8/h1-2,6,8,12H,3-5H2/b2-1-,7-6+. The lowest BCUT2D eigenvalue weighted by atomic mass is 9.83. The molecule has 0 saturated heterocycles. The molecule has 0 aromatic heterocycles. The van der Waals surface area contributed by atoms with E-state index in [-0.39, 0.29) is 23.9 Å². The Morgan fingerprint density at radius 3 is 2.36 bits per heavy atom. The molecule has 0 heterocycles. The molecule has 0 aliphatic heterocycles. The van der Waals surface area contributed by atoms with Crippen molar-refractivity contribution in [2.75, 3.05) is 0 Å². The highest BCUT2D eigenvalue weighted by Gasteiger charge is 2.27. The van der Waals surface area contributed by atoms with Gasteiger partial charge in [-0.15, -0.1) is 0 Å². The first-order valence-electron chi connectivity index (χ1n) is 4.31. The zero-order chi connectivity index (χ0) is 10.6. The lowest BCUT2D eigenvalue weighted by molar-refractivity contribution is -0.130. The van der Waals surface area contributed by atoms with Crippen molar-refractivity contribution in [1.82, 2.24) is 0 Å². The first-order chi connectivity index (χ1) is 6.67. The van der Waals surface area contributed by atoms with E-state index in [9.17, 15) is 9.59 Å². The lowest BCUT2D eigenvalue weighted by Crippen LogP contribution is -2.23. The van der Waals surface area contributed by atoms with Gasteiger partial charge in [0, 0.05) is 18.8 Å². The topological polar surface area (TPSA) is 54.4 Å². The second-order valence-electron chi connectivity index (χ2n) is 3.28. The first kappa shape index (κ1) is 11.4. The van der Waals surface area contributed by atoms with Gasteiger partial charge in [-0.05, 0) is 15.7 Å². The molecular formula is C10H11IO3. The number of hydrogen-bond acceptors (Lipinski definition) is 3. The van der Waals surface area contributed by atoms with Crippen LogP contribution in [0.1, 0.15) is 19.3 Å². The fraction of sp³-hybridized carbons (Fsp3) is 0.400. The minimum absolute atomic E-state index is 0.0348. The second-order valence-corrected chi connectivity index (χ2v) is 4.00. The number of rotatable bonds is 2. The maximum absolute atomic E-state index is 11.2. The van der Waals surface area contributed by atoms with Gasteiger partial charge in [0.2, 0.25) is 0 Å². The number of aliphatic hydroxyl groups is 1. The third-order valence-corrected chi connectivity index (χ3v) is 2.58. The van der Waals surface area contributed by atoms with Gasteiger partial charge in [-0.3, -0.25) is 9.59 Å². The molecule has 3 nitrogen and oxygen atoms in total. The smallest absolute Gasteiger partial charge is 0.140 e. The molecule has 1 rings (SSSR count). The van der Waals surface area contributed by atoms with Crippen molar-refractivity contribution in [2.24, 2.45) is 5.92 Å². The van der Waals surface area contributed by atoms with Gasteiger partial charge in [0.1, 0.15) is 11.6 Å². The molecule has 0 amide bonds. The van der Waals surface area contributed by atoms with E-state index in [1.165, 1.54) is 0 Å². The number of allylic oxidation sites excluding steroid dienone is 2. The van der Waals surface area contributed by atoms with Gasteiger partial charge in [-0.2, -0.15) is 0 Å². The highest BCUT2D eigenvalue weighted by atomic mass is 127. The Labute approximate surface area is 96.0 Å². The summed E-state index contributed by atoms with van der Waals surface area (Å²) in [6.07, 6.45) is 3.48. The highest BCUT2D eigenvalue weighted by Crippen LogP contribution is 2.26. The Balaban J connectivity index is 2.76. The maximum atomic E-state index is 11.2. The zero-order valence-corrected chi connectivity index (χ0v) is 9.73. The SMILES string of the molecule is O=C1CC(=O)CC(C(/C=C\I)=C/O)C1. The molecule has 1 aliphatic carbocycles. The molecular weight excluding hydrogens is 295 g/mol. The first-order valence-corrected chi connectivity index (χ1v) is 5.56. The summed E-state index contributed by atoms with van der Waals surface area (Å²) in [6, 6.07) is 0. The van der Waals surface area contributed by atoms with Gasteiger partial charge in [0.15, 0.2) is 0 Å². The lowest BCUT2D eigenvalue weighted by Gasteiger charge is -2.20. The van der Waals surface area contributed by atoms with E-state index < -0.39 is 0 Å². The molecule has 76 valence electrons. The van der Waals surface area contributed by atoms with E-state index in [0.717, 1.165) is 6.26 Å². The summed E-state index contributed by atoms with van der Waals surface area (Å²) in [5.74, 6) is -0.209. The summed E-state index contributed by atoms with van der Waals surface area (Å²) >= 11 is 2.03. The normalized spacial score (nSPS) is 20.8. The van der Waals surface area contributed by atoms with Crippen molar-refractivity contribution in [3.63, 3.8) is 0 Å². The predicted molar refractivity (Wildman–Crippen MR) is 61.2 cm³/mol. The van der Waals surface area contributed by atoms with Crippen LogP contribution in [-0.2, 0) is 9.59 Å². The molecule has 0 aromatic carbocycles. The van der Waals surface area contributed by atoms with Gasteiger partial charge in [0.25, 0.3) is 0 Å². The summed E-state index contributed by atoms with van der Waals surface area (Å²) in [5.41, 5.74) is 0.654. The molecule has 1 aliphatic rings. The van der Waals surface area contributed by atoms with Crippen molar-refractivity contribution in [3.05, 3.63) is 22.0 Å². The number of carbonyl (C=O) groups is 2. The molecule has 1 saturated carbocycles. The number of aliphatic hydroxyl groups excluding tert-OH is 1. The largest absolute Gasteiger partial charge is 0.515 e. The number of hydrogen-bond donors (Lipinski definition) is 1. The Morgan fingerprint density at radius 1 is 1.36 bits per heavy atom. The van der Waals surface area contributed by atoms with Crippen LogP contribution < -0.4 is 0 Å². The van der Waals surface area contributed by atoms with Crippen LogP contribution in [0, 0.1) is 5.92 Å². The number of carbonyl (C=O) groups excluding carboxylic acids is 2. The molecule has 0 bridgehead atoms. The van der Waals surface area contributed by atoms with Crippen LogP contribution in [0.3, 0.4) is 0 Å². The highest BCUT2D eigenvalue weighted by molar-refractivity contribution is 14.1. The quantitative estimate of drug-likeness (QED) is 0.369. The van der Waals surface area contributed by atoms with Gasteiger partial charge >= 0.3 is 0 Å². The molecule has 0 aromatic rings. The van der Waals surface area contributed by atoms with Crippen LogP contribution in [0.15, 0.2) is 22.0 Å². The van der Waals surface area contributed by atoms with Crippen molar-refractivity contribution in [2.45, 2.75) is 19.3 Å². The number of halogens is 1. The minimum Gasteiger partial charge on any atom is -0.515 e. The zero-order valence-electron chi connectivity index (χ0n) is 7.57. The average Bonchev–Trinajstić information content (AvgIpc) is 2.12. The third-order valence-electron chi connectivity index (χ3n) is 2.22. The van der Waals surface area contributed by atoms with E-state index in [0.29, 0.717) is 18.4 Å². The molecule has 0 unspecified atom stereocenters. The van der Waals surface area contributed by atoms with E-state index >= 15 is 0 Å². The fourth-order valence-electron chi connectivity index (χ4n) is 1.58. The summed E-state index contributed by atoms with van der Waals surface area (Å²) in [5, 5.41) is 8.94. The molecule has 0 atom stereocenters. The molecule has 0 spiro atoms. The Morgan fingerprint density at radius 2 is 1.93 bits per heavy atom. The molecule has 0 radical (unpaired) electrons. The van der Waals surface area contributed by atoms with Crippen molar-refractivity contribution < 1.29 is 14.7 Å². The molecule has 4 heteroatoms. The summed E-state index contributed by atoms with van der Waals surface area (Å²) in [4.78, 5) is 22.3. The van der Waals surface area contributed by atoms with Gasteiger partial charge in [-0.25, -0.2) is 0 Å². The summed E-state index contributed by atoms with van der Waals surface area (Å²) < 4.78 is 1.75. The molecule has 1 fully saturated rings. The maximum Gasteiger partial charge on any atom is 0.140 e. The number of ketones is 2. The van der Waals surface area contributed by atoms with Crippen LogP contribution in [-0.4, -0.2) is 16.7 Å². The third kappa shape index (κ3) is 2.94. The Bertz CT molecular complexity index is 288. The minimum atomic E-state index is -0.139. The van der Waals surface area contributed by atoms with E-state index in [1.807, 2.05) is 22.6 Å². The van der Waals surface area contributed by atoms with Crippen LogP contribution >= 0.6 is 22.6 Å². The number of Topliss-reactive ketones (excluding diaryl/α,β-unsaturated/α-hetero) is 2. The second kappa shape index (κ2) is 5.29. The molecule has 1 N–H and O–H groups in total. The van der Waals surface area contributed by atoms with Gasteiger partial charge in [0.05, 0.1) is 12.7 Å². The Kier molecular flexibility index (Phi) is 4.31. The van der Waals surface area contributed by atoms with Crippen molar-refractivity contribution in [3.8, 4) is 0 Å².